The smallest absolute Gasteiger partial charge is 0.241 e. The zero-order valence-corrected chi connectivity index (χ0v) is 24.0. The zero-order valence-electron chi connectivity index (χ0n) is 22.4. The minimum atomic E-state index is -3.79. The first-order valence-electron chi connectivity index (χ1n) is 13.1. The van der Waals surface area contributed by atoms with Crippen LogP contribution in [0.2, 0.25) is 5.02 Å². The molecule has 1 saturated heterocycles. The number of fused-ring (bicyclic) bond motifs is 1. The first-order chi connectivity index (χ1) is 18.7. The largest absolute Gasteiger partial charge is 0.439 e. The summed E-state index contributed by atoms with van der Waals surface area (Å²) in [6.45, 7) is 7.83. The number of rotatable bonds is 8. The summed E-state index contributed by atoms with van der Waals surface area (Å²) in [5, 5.41) is 2.17. The van der Waals surface area contributed by atoms with Crippen molar-refractivity contribution in [2.75, 3.05) is 38.1 Å². The molecule has 9 heteroatoms. The molecule has 204 valence electrons. The molecule has 1 atom stereocenters. The predicted octanol–water partition coefficient (Wildman–Crippen LogP) is 6.03. The molecule has 0 bridgehead atoms. The van der Waals surface area contributed by atoms with E-state index in [1.54, 1.807) is 30.5 Å². The molecular formula is C30H33ClN4O3S. The fourth-order valence-electron chi connectivity index (χ4n) is 5.01. The average molecular weight is 565 g/mol. The maximum absolute atomic E-state index is 13.3. The van der Waals surface area contributed by atoms with E-state index in [2.05, 4.69) is 32.6 Å². The number of benzene rings is 3. The fraction of sp³-hybridized carbons (Fsp3) is 0.300. The molecule has 39 heavy (non-hydrogen) atoms. The first-order valence-corrected chi connectivity index (χ1v) is 15.0. The highest BCUT2D eigenvalue weighted by Crippen LogP contribution is 2.32. The van der Waals surface area contributed by atoms with Gasteiger partial charge in [-0.15, -0.1) is 0 Å². The van der Waals surface area contributed by atoms with Crippen LogP contribution in [0.3, 0.4) is 0 Å². The standard InChI is InChI=1S/C30H33ClN4O3S/c1-4-26-27(21(2)33-39(36,37)25-11-12-28-22(19-25)7-5-10-29(28)31)13-14-32-30(26)38-24-9-6-8-23(20-24)35-17-15-34(3)16-18-35/h5-14,19-21,33H,4,15-18H2,1-3H3. The van der Waals surface area contributed by atoms with Crippen molar-refractivity contribution in [2.24, 2.45) is 0 Å². The van der Waals surface area contributed by atoms with Crippen molar-refractivity contribution in [1.29, 1.82) is 0 Å². The Morgan fingerprint density at radius 2 is 1.79 bits per heavy atom. The summed E-state index contributed by atoms with van der Waals surface area (Å²) in [6.07, 6.45) is 2.30. The van der Waals surface area contributed by atoms with Gasteiger partial charge in [-0.3, -0.25) is 0 Å². The number of hydrogen-bond donors (Lipinski definition) is 1. The number of nitrogens with one attached hydrogen (secondary N) is 1. The summed E-state index contributed by atoms with van der Waals surface area (Å²) in [4.78, 5) is 9.37. The molecule has 4 aromatic rings. The number of nitrogens with zero attached hydrogens (tertiary/aromatic N) is 3. The molecule has 1 fully saturated rings. The van der Waals surface area contributed by atoms with Crippen molar-refractivity contribution in [3.8, 4) is 11.6 Å². The Hall–Kier alpha value is -3.17. The number of likely N-dealkylation sites (N-methyl/N-ethyl adjacent to an activating group) is 1. The topological polar surface area (TPSA) is 74.8 Å². The predicted molar refractivity (Wildman–Crippen MR) is 158 cm³/mol. The second-order valence-corrected chi connectivity index (χ2v) is 12.0. The first kappa shape index (κ1) is 27.4. The SMILES string of the molecule is CCc1c(C(C)NS(=O)(=O)c2ccc3c(Cl)cccc3c2)ccnc1Oc1cccc(N2CCN(C)CC2)c1. The lowest BCUT2D eigenvalue weighted by atomic mass is 10.0. The second-order valence-electron chi connectivity index (χ2n) is 9.89. The molecule has 0 aliphatic carbocycles. The van der Waals surface area contributed by atoms with Gasteiger partial charge in [0, 0.05) is 66.1 Å². The molecule has 7 nitrogen and oxygen atoms in total. The lowest BCUT2D eigenvalue weighted by molar-refractivity contribution is 0.312. The molecule has 0 radical (unpaired) electrons. The van der Waals surface area contributed by atoms with E-state index < -0.39 is 16.1 Å². The van der Waals surface area contributed by atoms with Crippen molar-refractivity contribution in [3.63, 3.8) is 0 Å². The third-order valence-electron chi connectivity index (χ3n) is 7.21. The number of anilines is 1. The van der Waals surface area contributed by atoms with Gasteiger partial charge in [-0.25, -0.2) is 18.1 Å². The number of halogens is 1. The van der Waals surface area contributed by atoms with E-state index in [9.17, 15) is 8.42 Å². The number of ether oxygens (including phenoxy) is 1. The molecule has 1 aromatic heterocycles. The highest BCUT2D eigenvalue weighted by molar-refractivity contribution is 7.89. The Morgan fingerprint density at radius 3 is 2.56 bits per heavy atom. The molecule has 1 unspecified atom stereocenters. The molecule has 5 rings (SSSR count). The minimum Gasteiger partial charge on any atom is -0.439 e. The number of pyridine rings is 1. The average Bonchev–Trinajstić information content (AvgIpc) is 2.93. The Kier molecular flexibility index (Phi) is 8.09. The maximum atomic E-state index is 13.3. The molecule has 1 aliphatic heterocycles. The Balaban J connectivity index is 1.37. The molecular weight excluding hydrogens is 532 g/mol. The van der Waals surface area contributed by atoms with Gasteiger partial charge in [0.15, 0.2) is 0 Å². The molecule has 0 amide bonds. The van der Waals surface area contributed by atoms with E-state index in [1.165, 1.54) is 0 Å². The van der Waals surface area contributed by atoms with E-state index in [-0.39, 0.29) is 4.90 Å². The van der Waals surface area contributed by atoms with Crippen LogP contribution >= 0.6 is 11.6 Å². The van der Waals surface area contributed by atoms with E-state index >= 15 is 0 Å². The van der Waals surface area contributed by atoms with Gasteiger partial charge in [-0.2, -0.15) is 0 Å². The van der Waals surface area contributed by atoms with Crippen LogP contribution in [0.25, 0.3) is 10.8 Å². The van der Waals surface area contributed by atoms with Crippen molar-refractivity contribution in [2.45, 2.75) is 31.2 Å². The van der Waals surface area contributed by atoms with Crippen molar-refractivity contribution in [3.05, 3.63) is 89.1 Å². The third kappa shape index (κ3) is 6.04. The van der Waals surface area contributed by atoms with E-state index in [1.807, 2.05) is 50.2 Å². The van der Waals surface area contributed by atoms with Crippen LogP contribution in [0.5, 0.6) is 11.6 Å². The van der Waals surface area contributed by atoms with E-state index in [0.717, 1.165) is 53.8 Å². The van der Waals surface area contributed by atoms with Gasteiger partial charge in [0.2, 0.25) is 15.9 Å². The summed E-state index contributed by atoms with van der Waals surface area (Å²) in [5.74, 6) is 1.19. The number of piperazine rings is 1. The summed E-state index contributed by atoms with van der Waals surface area (Å²) in [5.41, 5.74) is 2.81. The maximum Gasteiger partial charge on any atom is 0.241 e. The van der Waals surface area contributed by atoms with Crippen LogP contribution in [-0.2, 0) is 16.4 Å². The van der Waals surface area contributed by atoms with Crippen LogP contribution in [0.15, 0.2) is 77.8 Å². The highest BCUT2D eigenvalue weighted by atomic mass is 35.5. The third-order valence-corrected chi connectivity index (χ3v) is 9.08. The summed E-state index contributed by atoms with van der Waals surface area (Å²) < 4.78 is 35.8. The Morgan fingerprint density at radius 1 is 1.03 bits per heavy atom. The lowest BCUT2D eigenvalue weighted by Crippen LogP contribution is -2.44. The van der Waals surface area contributed by atoms with Crippen molar-refractivity contribution < 1.29 is 13.2 Å². The molecule has 1 N–H and O–H groups in total. The summed E-state index contributed by atoms with van der Waals surface area (Å²) in [7, 11) is -1.65. The van der Waals surface area contributed by atoms with Gasteiger partial charge in [0.25, 0.3) is 0 Å². The number of hydrogen-bond acceptors (Lipinski definition) is 6. The van der Waals surface area contributed by atoms with Gasteiger partial charge in [-0.05, 0) is 67.7 Å². The monoisotopic (exact) mass is 564 g/mol. The van der Waals surface area contributed by atoms with E-state index in [4.69, 9.17) is 16.3 Å². The fourth-order valence-corrected chi connectivity index (χ4v) is 6.51. The Bertz CT molecular complexity index is 1590. The summed E-state index contributed by atoms with van der Waals surface area (Å²) in [6, 6.07) is 19.8. The van der Waals surface area contributed by atoms with Crippen LogP contribution in [0.4, 0.5) is 5.69 Å². The van der Waals surface area contributed by atoms with Crippen molar-refractivity contribution in [1.82, 2.24) is 14.6 Å². The molecule has 3 aromatic carbocycles. The molecule has 1 aliphatic rings. The van der Waals surface area contributed by atoms with Crippen molar-refractivity contribution >= 4 is 38.1 Å². The molecule has 2 heterocycles. The quantitative estimate of drug-likeness (QED) is 0.281. The summed E-state index contributed by atoms with van der Waals surface area (Å²) >= 11 is 6.26. The lowest BCUT2D eigenvalue weighted by Gasteiger charge is -2.34. The van der Waals surface area contributed by atoms with Crippen LogP contribution in [-0.4, -0.2) is 51.5 Å². The number of sulfonamides is 1. The normalized spacial score (nSPS) is 15.4. The number of aromatic nitrogens is 1. The second kappa shape index (κ2) is 11.5. The Labute approximate surface area is 235 Å². The minimum absolute atomic E-state index is 0.188. The van der Waals surface area contributed by atoms with E-state index in [0.29, 0.717) is 23.1 Å². The van der Waals surface area contributed by atoms with Gasteiger partial charge in [0.1, 0.15) is 5.75 Å². The van der Waals surface area contributed by atoms with Gasteiger partial charge < -0.3 is 14.5 Å². The van der Waals surface area contributed by atoms with Gasteiger partial charge in [-0.1, -0.05) is 42.8 Å². The highest BCUT2D eigenvalue weighted by Gasteiger charge is 2.23. The van der Waals surface area contributed by atoms with Crippen LogP contribution < -0.4 is 14.4 Å². The van der Waals surface area contributed by atoms with Crippen LogP contribution in [0, 0.1) is 0 Å². The van der Waals surface area contributed by atoms with Gasteiger partial charge in [0.05, 0.1) is 4.90 Å². The van der Waals surface area contributed by atoms with Crippen LogP contribution in [0.1, 0.15) is 31.0 Å². The zero-order chi connectivity index (χ0) is 27.6. The molecule has 0 spiro atoms. The molecule has 0 saturated carbocycles. The van der Waals surface area contributed by atoms with Gasteiger partial charge >= 0.3 is 0 Å².